The van der Waals surface area contributed by atoms with Crippen LogP contribution in [0.2, 0.25) is 0 Å². The normalized spacial score (nSPS) is 11.7. The number of benzene rings is 8. The maximum Gasteiger partial charge on any atom is 0.248 e. The molecule has 3 aromatic heterocycles. The summed E-state index contributed by atoms with van der Waals surface area (Å²) in [6, 6.07) is 66.8. The highest BCUT2D eigenvalue weighted by molar-refractivity contribution is 14.1. The third kappa shape index (κ3) is 5.13. The van der Waals surface area contributed by atoms with Crippen LogP contribution in [0.5, 0.6) is 0 Å². The number of hydrogen-bond acceptors (Lipinski definition) is 3. The summed E-state index contributed by atoms with van der Waals surface area (Å²) in [5.74, 6) is 0.988. The maximum absolute atomic E-state index is 6.20. The van der Waals surface area contributed by atoms with E-state index in [0.717, 1.165) is 42.7 Å². The summed E-state index contributed by atoms with van der Waals surface area (Å²) in [5.41, 5.74) is 13.3. The molecule has 3 heterocycles. The van der Waals surface area contributed by atoms with Crippen LogP contribution in [0.25, 0.3) is 100 Å². The molecule has 0 N–H and O–H groups in total. The molecule has 0 spiro atoms. The predicted molar refractivity (Wildman–Crippen MR) is 237 cm³/mol. The number of para-hydroxylation sites is 3. The zero-order valence-corrected chi connectivity index (χ0v) is 32.1. The van der Waals surface area contributed by atoms with Crippen LogP contribution in [0.4, 0.5) is 0 Å². The summed E-state index contributed by atoms with van der Waals surface area (Å²) in [4.78, 5) is 0. The smallest absolute Gasteiger partial charge is 0.248 e. The van der Waals surface area contributed by atoms with Crippen molar-refractivity contribution < 1.29 is 4.42 Å². The highest BCUT2D eigenvalue weighted by atomic mass is 127. The van der Waals surface area contributed by atoms with E-state index in [1.165, 1.54) is 49.3 Å². The number of fused-ring (bicyclic) bond motifs is 6. The van der Waals surface area contributed by atoms with Gasteiger partial charge in [-0.25, -0.2) is 0 Å². The van der Waals surface area contributed by atoms with E-state index in [2.05, 4.69) is 206 Å². The summed E-state index contributed by atoms with van der Waals surface area (Å²) >= 11 is 2.30. The Hall–Kier alpha value is -6.77. The Morgan fingerprint density at radius 3 is 1.25 bits per heavy atom. The Labute approximate surface area is 336 Å². The van der Waals surface area contributed by atoms with Gasteiger partial charge in [-0.2, -0.15) is 0 Å². The molecule has 0 aliphatic rings. The molecule has 0 atom stereocenters. The fraction of sp³-hybridized carbons (Fsp3) is 0. The third-order valence-electron chi connectivity index (χ3n) is 10.8. The van der Waals surface area contributed by atoms with E-state index in [9.17, 15) is 0 Å². The Bertz CT molecular complexity index is 3220. The van der Waals surface area contributed by atoms with Gasteiger partial charge in [0.05, 0.1) is 22.1 Å². The van der Waals surface area contributed by atoms with Crippen molar-refractivity contribution in [2.75, 3.05) is 0 Å². The number of rotatable bonds is 6. The van der Waals surface area contributed by atoms with Crippen molar-refractivity contribution >= 4 is 66.2 Å². The third-order valence-corrected chi connectivity index (χ3v) is 11.5. The van der Waals surface area contributed by atoms with Gasteiger partial charge >= 0.3 is 0 Å². The minimum absolute atomic E-state index is 0.485. The van der Waals surface area contributed by atoms with E-state index in [0.29, 0.717) is 11.8 Å². The molecule has 8 aromatic carbocycles. The molecule has 0 aliphatic heterocycles. The first-order valence-electron chi connectivity index (χ1n) is 18.6. The van der Waals surface area contributed by atoms with Crippen LogP contribution in [0.3, 0.4) is 0 Å². The molecule has 0 radical (unpaired) electrons. The summed E-state index contributed by atoms with van der Waals surface area (Å²) < 4.78 is 12.3. The Kier molecular flexibility index (Phi) is 7.70. The molecule has 0 bridgehead atoms. The van der Waals surface area contributed by atoms with Crippen molar-refractivity contribution in [2.45, 2.75) is 0 Å². The monoisotopic (exact) mass is 830 g/mol. The quantitative estimate of drug-likeness (QED) is 0.157. The van der Waals surface area contributed by atoms with E-state index in [4.69, 9.17) is 4.42 Å². The zero-order chi connectivity index (χ0) is 37.2. The fourth-order valence-corrected chi connectivity index (χ4v) is 8.74. The van der Waals surface area contributed by atoms with Gasteiger partial charge in [0.15, 0.2) is 0 Å². The van der Waals surface area contributed by atoms with Crippen molar-refractivity contribution in [3.8, 4) is 56.5 Å². The van der Waals surface area contributed by atoms with Crippen LogP contribution in [0.15, 0.2) is 192 Å². The van der Waals surface area contributed by atoms with Crippen molar-refractivity contribution in [1.29, 1.82) is 0 Å². The molecule has 5 nitrogen and oxygen atoms in total. The van der Waals surface area contributed by atoms with Crippen LogP contribution < -0.4 is 0 Å². The van der Waals surface area contributed by atoms with Gasteiger partial charge in [-0.1, -0.05) is 115 Å². The Balaban J connectivity index is 1.27. The summed E-state index contributed by atoms with van der Waals surface area (Å²) in [6.45, 7) is 0. The van der Waals surface area contributed by atoms with Crippen LogP contribution in [-0.4, -0.2) is 19.3 Å². The SMILES string of the molecule is Ic1ccc(-c2nnc(-c3ccc(-n4c5ccccc5c5c(-c6ccccc6)c6c(c(-c7ccccc7)c54)c4ccccc4n6-c4ccccc4)cc3)o2)cc1. The van der Waals surface area contributed by atoms with Gasteiger partial charge in [-0.05, 0) is 107 Å². The molecule has 0 saturated heterocycles. The number of nitrogens with zero attached hydrogens (tertiary/aromatic N) is 4. The van der Waals surface area contributed by atoms with Gasteiger partial charge in [-0.15, -0.1) is 10.2 Å². The van der Waals surface area contributed by atoms with E-state index in [1.807, 2.05) is 24.3 Å². The molecule has 0 fully saturated rings. The van der Waals surface area contributed by atoms with Crippen molar-refractivity contribution in [2.24, 2.45) is 0 Å². The van der Waals surface area contributed by atoms with E-state index < -0.39 is 0 Å². The molecular weight excluding hydrogens is 799 g/mol. The molecule has 0 unspecified atom stereocenters. The van der Waals surface area contributed by atoms with Crippen molar-refractivity contribution in [1.82, 2.24) is 19.3 Å². The molecular formula is C50H31IN4O. The summed E-state index contributed by atoms with van der Waals surface area (Å²) in [7, 11) is 0. The van der Waals surface area contributed by atoms with Crippen LogP contribution in [0, 0.1) is 3.57 Å². The number of aromatic nitrogens is 4. The van der Waals surface area contributed by atoms with Gasteiger partial charge < -0.3 is 13.6 Å². The first-order chi connectivity index (χ1) is 27.7. The van der Waals surface area contributed by atoms with Crippen LogP contribution in [-0.2, 0) is 0 Å². The molecule has 0 amide bonds. The second kappa shape index (κ2) is 13.2. The molecule has 0 aliphatic carbocycles. The lowest BCUT2D eigenvalue weighted by atomic mass is 9.90. The number of halogens is 1. The number of hydrogen-bond donors (Lipinski definition) is 0. The first kappa shape index (κ1) is 32.6. The average molecular weight is 831 g/mol. The predicted octanol–water partition coefficient (Wildman–Crippen LogP) is 13.5. The van der Waals surface area contributed by atoms with Crippen molar-refractivity contribution in [3.05, 3.63) is 192 Å². The maximum atomic E-state index is 6.20. The lowest BCUT2D eigenvalue weighted by Gasteiger charge is -2.18. The van der Waals surface area contributed by atoms with E-state index in [1.54, 1.807) is 0 Å². The standard InChI is InChI=1S/C50H31IN4O/c51-36-28-24-34(25-29-36)49-52-53-50(56-49)35-26-30-38(31-27-35)55-42-23-13-11-21-40(42)46-43(32-14-4-1-5-15-32)47-45(44(48(46)55)33-16-6-2-7-17-33)39-20-10-12-22-41(39)54(47)37-18-8-3-9-19-37/h1-31H. The minimum atomic E-state index is 0.485. The molecule has 264 valence electrons. The largest absolute Gasteiger partial charge is 0.416 e. The van der Waals surface area contributed by atoms with Gasteiger partial charge in [0.1, 0.15) is 0 Å². The molecule has 0 saturated carbocycles. The highest BCUT2D eigenvalue weighted by Gasteiger charge is 2.28. The lowest BCUT2D eigenvalue weighted by molar-refractivity contribution is 0.584. The van der Waals surface area contributed by atoms with Crippen molar-refractivity contribution in [3.63, 3.8) is 0 Å². The van der Waals surface area contributed by atoms with Gasteiger partial charge in [0, 0.05) is 58.7 Å². The van der Waals surface area contributed by atoms with Gasteiger partial charge in [-0.3, -0.25) is 0 Å². The summed E-state index contributed by atoms with van der Waals surface area (Å²) in [6.07, 6.45) is 0. The first-order valence-corrected chi connectivity index (χ1v) is 19.7. The molecule has 6 heteroatoms. The van der Waals surface area contributed by atoms with E-state index >= 15 is 0 Å². The van der Waals surface area contributed by atoms with Crippen LogP contribution in [0.1, 0.15) is 0 Å². The fourth-order valence-electron chi connectivity index (χ4n) is 8.38. The van der Waals surface area contributed by atoms with Crippen LogP contribution >= 0.6 is 22.6 Å². The van der Waals surface area contributed by atoms with Gasteiger partial charge in [0.25, 0.3) is 0 Å². The lowest BCUT2D eigenvalue weighted by Crippen LogP contribution is -1.99. The molecule has 11 rings (SSSR count). The molecule has 56 heavy (non-hydrogen) atoms. The minimum Gasteiger partial charge on any atom is -0.416 e. The Morgan fingerprint density at radius 1 is 0.375 bits per heavy atom. The van der Waals surface area contributed by atoms with Gasteiger partial charge in [0.2, 0.25) is 11.8 Å². The zero-order valence-electron chi connectivity index (χ0n) is 30.0. The summed E-state index contributed by atoms with van der Waals surface area (Å²) in [5, 5.41) is 13.6. The second-order valence-corrected chi connectivity index (χ2v) is 15.2. The van der Waals surface area contributed by atoms with E-state index in [-0.39, 0.29) is 0 Å². The molecule has 11 aromatic rings. The Morgan fingerprint density at radius 2 is 0.768 bits per heavy atom. The highest BCUT2D eigenvalue weighted by Crippen LogP contribution is 2.51. The second-order valence-electron chi connectivity index (χ2n) is 13.9. The topological polar surface area (TPSA) is 48.8 Å². The average Bonchev–Trinajstić information content (AvgIpc) is 3.98.